The average molecular weight is 469 g/mol. The van der Waals surface area contributed by atoms with Crippen LogP contribution in [0.25, 0.3) is 6.08 Å². The van der Waals surface area contributed by atoms with Gasteiger partial charge in [0.25, 0.3) is 5.91 Å². The molecule has 0 spiro atoms. The summed E-state index contributed by atoms with van der Waals surface area (Å²) in [5, 5.41) is 12.0. The van der Waals surface area contributed by atoms with Crippen LogP contribution in [0.3, 0.4) is 0 Å². The molecule has 0 radical (unpaired) electrons. The van der Waals surface area contributed by atoms with Crippen LogP contribution in [0.1, 0.15) is 41.2 Å². The number of hydrogen-bond donors (Lipinski definition) is 2. The number of hydrogen-bond acceptors (Lipinski definition) is 5. The number of aliphatic hydroxyl groups excluding tert-OH is 1. The second-order valence-electron chi connectivity index (χ2n) is 8.69. The summed E-state index contributed by atoms with van der Waals surface area (Å²) in [5.74, 6) is 1.01. The number of nitrogens with one attached hydrogen (secondary N) is 1. The number of carbonyl (C=O) groups excluding carboxylic acids is 1. The fraction of sp³-hybridized carbons (Fsp3) is 0.241. The molecule has 178 valence electrons. The average Bonchev–Trinajstić information content (AvgIpc) is 3.24. The van der Waals surface area contributed by atoms with Crippen molar-refractivity contribution in [2.75, 3.05) is 13.2 Å². The molecule has 6 nitrogen and oxygen atoms in total. The van der Waals surface area contributed by atoms with Crippen LogP contribution >= 0.6 is 0 Å². The molecule has 2 aliphatic heterocycles. The summed E-state index contributed by atoms with van der Waals surface area (Å²) >= 11 is 0. The van der Waals surface area contributed by atoms with Gasteiger partial charge in [-0.2, -0.15) is 0 Å². The minimum atomic E-state index is -1.11. The summed E-state index contributed by atoms with van der Waals surface area (Å²) in [7, 11) is 0. The van der Waals surface area contributed by atoms with Crippen molar-refractivity contribution in [3.05, 3.63) is 107 Å². The van der Waals surface area contributed by atoms with Crippen LogP contribution in [-0.4, -0.2) is 35.7 Å². The molecule has 5 rings (SSSR count). The number of rotatable bonds is 8. The van der Waals surface area contributed by atoms with Crippen LogP contribution in [0.2, 0.25) is 0 Å². The lowest BCUT2D eigenvalue weighted by atomic mass is 9.84. The van der Waals surface area contributed by atoms with E-state index in [1.54, 1.807) is 0 Å². The molecule has 0 saturated heterocycles. The van der Waals surface area contributed by atoms with Gasteiger partial charge in [0.2, 0.25) is 5.90 Å². The summed E-state index contributed by atoms with van der Waals surface area (Å²) in [6.07, 6.45) is 4.47. The number of fused-ring (bicyclic) bond motifs is 3. The van der Waals surface area contributed by atoms with Gasteiger partial charge >= 0.3 is 0 Å². The maximum atomic E-state index is 13.5. The zero-order valence-electron chi connectivity index (χ0n) is 19.4. The van der Waals surface area contributed by atoms with Gasteiger partial charge in [0.05, 0.1) is 6.61 Å². The number of aliphatic hydroxyl groups is 1. The van der Waals surface area contributed by atoms with Crippen molar-refractivity contribution in [1.29, 1.82) is 0 Å². The Labute approximate surface area is 204 Å². The fourth-order valence-corrected chi connectivity index (χ4v) is 4.51. The number of carbonyl (C=O) groups is 1. The SMILES string of the molecule is O=C1NCc2ccccc2[C@@H]2OC(c3ccc(OCCCO)cc3)=N[C@]12C/C=C/c1ccccc1. The van der Waals surface area contributed by atoms with Gasteiger partial charge in [0.15, 0.2) is 11.6 Å². The summed E-state index contributed by atoms with van der Waals surface area (Å²) in [5.41, 5.74) is 2.74. The normalized spacial score (nSPS) is 20.9. The lowest BCUT2D eigenvalue weighted by molar-refractivity contribution is -0.128. The molecule has 35 heavy (non-hydrogen) atoms. The lowest BCUT2D eigenvalue weighted by Crippen LogP contribution is -2.45. The number of nitrogens with zero attached hydrogens (tertiary/aromatic N) is 1. The number of ether oxygens (including phenoxy) is 2. The first-order valence-corrected chi connectivity index (χ1v) is 11.9. The monoisotopic (exact) mass is 468 g/mol. The predicted molar refractivity (Wildman–Crippen MR) is 135 cm³/mol. The molecule has 3 aromatic rings. The van der Waals surface area contributed by atoms with Crippen molar-refractivity contribution >= 4 is 17.9 Å². The van der Waals surface area contributed by atoms with Crippen molar-refractivity contribution in [2.24, 2.45) is 4.99 Å². The van der Waals surface area contributed by atoms with Gasteiger partial charge in [-0.1, -0.05) is 66.7 Å². The highest BCUT2D eigenvalue weighted by molar-refractivity contribution is 6.01. The van der Waals surface area contributed by atoms with E-state index in [4.69, 9.17) is 19.6 Å². The summed E-state index contributed by atoms with van der Waals surface area (Å²) in [6.45, 7) is 0.987. The second-order valence-corrected chi connectivity index (χ2v) is 8.69. The van der Waals surface area contributed by atoms with E-state index >= 15 is 0 Å². The van der Waals surface area contributed by atoms with Gasteiger partial charge in [0, 0.05) is 37.1 Å². The van der Waals surface area contributed by atoms with Crippen molar-refractivity contribution in [3.8, 4) is 5.75 Å². The Hall–Kier alpha value is -3.90. The first-order valence-electron chi connectivity index (χ1n) is 11.9. The minimum Gasteiger partial charge on any atom is -0.494 e. The molecule has 0 saturated carbocycles. The number of amides is 1. The summed E-state index contributed by atoms with van der Waals surface area (Å²) in [4.78, 5) is 18.5. The molecular weight excluding hydrogens is 440 g/mol. The molecule has 6 heteroatoms. The summed E-state index contributed by atoms with van der Waals surface area (Å²) < 4.78 is 12.1. The van der Waals surface area contributed by atoms with E-state index in [-0.39, 0.29) is 12.5 Å². The molecule has 3 aromatic carbocycles. The fourth-order valence-electron chi connectivity index (χ4n) is 4.51. The Morgan fingerprint density at radius 1 is 1.06 bits per heavy atom. The van der Waals surface area contributed by atoms with Gasteiger partial charge in [0.1, 0.15) is 5.75 Å². The highest BCUT2D eigenvalue weighted by Crippen LogP contribution is 2.45. The standard InChI is InChI=1S/C29H28N2O4/c32-18-7-19-34-24-15-13-22(14-16-24)27-31-29(17-6-10-21-8-2-1-3-9-21)26(35-27)25-12-5-4-11-23(25)20-30-28(29)33/h1-6,8-16,26,32H,7,17-20H2,(H,30,33)/b10-6+/t26-,29-/m0/s1. The third-order valence-electron chi connectivity index (χ3n) is 6.35. The maximum Gasteiger partial charge on any atom is 0.252 e. The molecule has 1 amide bonds. The van der Waals surface area contributed by atoms with E-state index in [2.05, 4.69) is 5.32 Å². The van der Waals surface area contributed by atoms with Gasteiger partial charge in [-0.15, -0.1) is 0 Å². The molecular formula is C29H28N2O4. The number of benzene rings is 3. The third kappa shape index (κ3) is 4.70. The van der Waals surface area contributed by atoms with Crippen LogP contribution in [0.5, 0.6) is 5.75 Å². The first-order chi connectivity index (χ1) is 17.2. The largest absolute Gasteiger partial charge is 0.494 e. The maximum absolute atomic E-state index is 13.5. The molecule has 2 heterocycles. The topological polar surface area (TPSA) is 80.2 Å². The number of aliphatic imine (C=N–C) groups is 1. The van der Waals surface area contributed by atoms with Crippen molar-refractivity contribution < 1.29 is 19.4 Å². The van der Waals surface area contributed by atoms with Crippen LogP contribution in [0.4, 0.5) is 0 Å². The van der Waals surface area contributed by atoms with Crippen molar-refractivity contribution in [2.45, 2.75) is 31.0 Å². The van der Waals surface area contributed by atoms with Crippen LogP contribution in [0, 0.1) is 0 Å². The Bertz CT molecular complexity index is 1240. The van der Waals surface area contributed by atoms with Crippen LogP contribution < -0.4 is 10.1 Å². The molecule has 0 fully saturated rings. The van der Waals surface area contributed by atoms with E-state index in [9.17, 15) is 4.79 Å². The second kappa shape index (κ2) is 10.2. The van der Waals surface area contributed by atoms with E-state index in [1.807, 2.05) is 91.0 Å². The minimum absolute atomic E-state index is 0.0917. The van der Waals surface area contributed by atoms with Crippen LogP contribution in [-0.2, 0) is 16.1 Å². The van der Waals surface area contributed by atoms with Crippen LogP contribution in [0.15, 0.2) is 89.9 Å². The predicted octanol–water partition coefficient (Wildman–Crippen LogP) is 4.44. The van der Waals surface area contributed by atoms with E-state index < -0.39 is 11.6 Å². The van der Waals surface area contributed by atoms with Crippen molar-refractivity contribution in [3.63, 3.8) is 0 Å². The smallest absolute Gasteiger partial charge is 0.252 e. The van der Waals surface area contributed by atoms with Gasteiger partial charge in [-0.25, -0.2) is 4.99 Å². The lowest BCUT2D eigenvalue weighted by Gasteiger charge is -2.27. The highest BCUT2D eigenvalue weighted by Gasteiger charge is 2.54. The zero-order chi connectivity index (χ0) is 24.1. The first kappa shape index (κ1) is 22.9. The van der Waals surface area contributed by atoms with Gasteiger partial charge in [-0.05, 0) is 35.4 Å². The van der Waals surface area contributed by atoms with E-state index in [1.165, 1.54) is 0 Å². The molecule has 0 unspecified atom stereocenters. The Morgan fingerprint density at radius 3 is 2.63 bits per heavy atom. The molecule has 2 atom stereocenters. The summed E-state index contributed by atoms with van der Waals surface area (Å²) in [6, 6.07) is 25.5. The molecule has 2 aliphatic rings. The Balaban J connectivity index is 1.49. The van der Waals surface area contributed by atoms with Gasteiger partial charge < -0.3 is 19.9 Å². The highest BCUT2D eigenvalue weighted by atomic mass is 16.5. The Morgan fingerprint density at radius 2 is 1.83 bits per heavy atom. The third-order valence-corrected chi connectivity index (χ3v) is 6.35. The van der Waals surface area contributed by atoms with E-state index in [0.29, 0.717) is 37.6 Å². The van der Waals surface area contributed by atoms with E-state index in [0.717, 1.165) is 22.3 Å². The molecule has 0 bridgehead atoms. The van der Waals surface area contributed by atoms with Gasteiger partial charge in [-0.3, -0.25) is 4.79 Å². The molecule has 0 aliphatic carbocycles. The zero-order valence-corrected chi connectivity index (χ0v) is 19.4. The van der Waals surface area contributed by atoms with Crippen molar-refractivity contribution in [1.82, 2.24) is 5.32 Å². The molecule has 0 aromatic heterocycles. The quantitative estimate of drug-likeness (QED) is 0.479. The molecule has 2 N–H and O–H groups in total. The Kier molecular flexibility index (Phi) is 6.64.